The van der Waals surface area contributed by atoms with Crippen molar-refractivity contribution in [3.05, 3.63) is 100 Å². The summed E-state index contributed by atoms with van der Waals surface area (Å²) < 4.78 is 1.72. The average molecular weight is 455 g/mol. The molecule has 0 fully saturated rings. The fourth-order valence-corrected chi connectivity index (χ4v) is 3.66. The number of hydrogen-bond acceptors (Lipinski definition) is 4. The lowest BCUT2D eigenvalue weighted by Gasteiger charge is -2.21. The predicted molar refractivity (Wildman–Crippen MR) is 133 cm³/mol. The molecule has 172 valence electrons. The molecule has 0 atom stereocenters. The molecule has 4 aromatic rings. The van der Waals surface area contributed by atoms with E-state index in [9.17, 15) is 14.9 Å². The number of nitrogens with zero attached hydrogens (tertiary/aromatic N) is 3. The highest BCUT2D eigenvalue weighted by Gasteiger charge is 2.22. The first kappa shape index (κ1) is 22.9. The zero-order valence-electron chi connectivity index (χ0n) is 19.6. The molecule has 4 rings (SSSR count). The van der Waals surface area contributed by atoms with E-state index in [1.54, 1.807) is 22.9 Å². The molecule has 3 aromatic carbocycles. The molecular weight excluding hydrogens is 428 g/mol. The number of carbonyl (C=O) groups is 1. The second-order valence-electron chi connectivity index (χ2n) is 9.22. The fourth-order valence-electron chi connectivity index (χ4n) is 3.66. The van der Waals surface area contributed by atoms with Gasteiger partial charge in [0.15, 0.2) is 0 Å². The van der Waals surface area contributed by atoms with E-state index >= 15 is 0 Å². The van der Waals surface area contributed by atoms with Gasteiger partial charge in [0.05, 0.1) is 22.0 Å². The van der Waals surface area contributed by atoms with Gasteiger partial charge in [0.25, 0.3) is 11.6 Å². The minimum atomic E-state index is -0.433. The van der Waals surface area contributed by atoms with E-state index in [1.807, 2.05) is 76.2 Å². The molecule has 7 nitrogen and oxygen atoms in total. The van der Waals surface area contributed by atoms with Crippen LogP contribution in [0.2, 0.25) is 0 Å². The van der Waals surface area contributed by atoms with Gasteiger partial charge in [-0.15, -0.1) is 0 Å². The summed E-state index contributed by atoms with van der Waals surface area (Å²) in [6.45, 7) is 7.83. The molecule has 34 heavy (non-hydrogen) atoms. The Bertz CT molecular complexity index is 1350. The van der Waals surface area contributed by atoms with Crippen LogP contribution in [0.25, 0.3) is 28.2 Å². The minimum absolute atomic E-state index is 0.00108. The van der Waals surface area contributed by atoms with E-state index in [0.29, 0.717) is 22.5 Å². The summed E-state index contributed by atoms with van der Waals surface area (Å²) in [5, 5.41) is 19.0. The zero-order chi connectivity index (χ0) is 24.5. The van der Waals surface area contributed by atoms with Gasteiger partial charge in [-0.05, 0) is 52.0 Å². The van der Waals surface area contributed by atoms with E-state index in [1.165, 1.54) is 12.1 Å². The lowest BCUT2D eigenvalue weighted by molar-refractivity contribution is -0.384. The van der Waals surface area contributed by atoms with Crippen LogP contribution >= 0.6 is 0 Å². The Morgan fingerprint density at radius 1 is 0.971 bits per heavy atom. The van der Waals surface area contributed by atoms with Crippen molar-refractivity contribution in [2.75, 3.05) is 0 Å². The molecule has 0 saturated heterocycles. The number of hydrogen-bond donors (Lipinski definition) is 1. The number of amides is 1. The highest BCUT2D eigenvalue weighted by Crippen LogP contribution is 2.32. The number of nitro groups is 1. The molecule has 0 unspecified atom stereocenters. The summed E-state index contributed by atoms with van der Waals surface area (Å²) in [5.41, 5.74) is 5.03. The topological polar surface area (TPSA) is 90.1 Å². The van der Waals surface area contributed by atoms with Gasteiger partial charge >= 0.3 is 0 Å². The highest BCUT2D eigenvalue weighted by atomic mass is 16.6. The molecule has 0 bridgehead atoms. The lowest BCUT2D eigenvalue weighted by atomic mass is 10.0. The number of carbonyl (C=O) groups excluding carboxylic acids is 1. The first-order valence-electron chi connectivity index (χ1n) is 11.0. The molecule has 0 radical (unpaired) electrons. The maximum atomic E-state index is 13.1. The van der Waals surface area contributed by atoms with Crippen LogP contribution in [0.1, 0.15) is 36.7 Å². The van der Waals surface area contributed by atoms with Crippen molar-refractivity contribution in [1.29, 1.82) is 0 Å². The molecule has 0 spiro atoms. The third kappa shape index (κ3) is 4.88. The average Bonchev–Trinajstić information content (AvgIpc) is 3.24. The molecule has 7 heteroatoms. The Morgan fingerprint density at radius 2 is 1.62 bits per heavy atom. The monoisotopic (exact) mass is 454 g/mol. The van der Waals surface area contributed by atoms with Crippen molar-refractivity contribution < 1.29 is 9.72 Å². The van der Waals surface area contributed by atoms with Gasteiger partial charge in [-0.25, -0.2) is 4.68 Å². The van der Waals surface area contributed by atoms with Gasteiger partial charge in [0.2, 0.25) is 0 Å². The van der Waals surface area contributed by atoms with E-state index < -0.39 is 10.5 Å². The van der Waals surface area contributed by atoms with Crippen LogP contribution in [0, 0.1) is 17.0 Å². The van der Waals surface area contributed by atoms with Crippen LogP contribution in [0.4, 0.5) is 5.69 Å². The van der Waals surface area contributed by atoms with Gasteiger partial charge in [0.1, 0.15) is 0 Å². The number of aryl methyl sites for hydroxylation is 1. The Labute approximate surface area is 198 Å². The lowest BCUT2D eigenvalue weighted by Crippen LogP contribution is -2.40. The number of aromatic nitrogens is 2. The van der Waals surface area contributed by atoms with E-state index in [0.717, 1.165) is 16.8 Å². The highest BCUT2D eigenvalue weighted by molar-refractivity contribution is 6.01. The number of nitro benzene ring substituents is 1. The molecule has 0 aliphatic carbocycles. The van der Waals surface area contributed by atoms with Crippen LogP contribution in [0.3, 0.4) is 0 Å². The Hall–Kier alpha value is -4.26. The minimum Gasteiger partial charge on any atom is -0.347 e. The standard InChI is InChI=1S/C27H26N4O3/c1-18-9-11-19(12-10-18)24-17-25(30(29-24)20-13-15-21(16-14-20)31(33)34)22-7-5-6-8-23(22)26(32)28-27(2,3)4/h5-17H,1-4H3,(H,28,32). The Kier molecular flexibility index (Phi) is 6.03. The van der Waals surface area contributed by atoms with E-state index in [2.05, 4.69) is 5.32 Å². The number of non-ortho nitro benzene ring substituents is 1. The van der Waals surface area contributed by atoms with Crippen molar-refractivity contribution in [1.82, 2.24) is 15.1 Å². The first-order valence-corrected chi connectivity index (χ1v) is 11.0. The molecule has 1 amide bonds. The quantitative estimate of drug-likeness (QED) is 0.298. The smallest absolute Gasteiger partial charge is 0.269 e. The van der Waals surface area contributed by atoms with E-state index in [-0.39, 0.29) is 11.6 Å². The summed E-state index contributed by atoms with van der Waals surface area (Å²) >= 11 is 0. The van der Waals surface area contributed by atoms with Crippen LogP contribution in [0.15, 0.2) is 78.9 Å². The van der Waals surface area contributed by atoms with Crippen molar-refractivity contribution >= 4 is 11.6 Å². The van der Waals surface area contributed by atoms with Crippen molar-refractivity contribution in [2.24, 2.45) is 0 Å². The first-order chi connectivity index (χ1) is 16.1. The van der Waals surface area contributed by atoms with Crippen molar-refractivity contribution in [2.45, 2.75) is 33.2 Å². The summed E-state index contributed by atoms with van der Waals surface area (Å²) in [6.07, 6.45) is 0. The largest absolute Gasteiger partial charge is 0.347 e. The summed E-state index contributed by atoms with van der Waals surface area (Å²) in [6, 6.07) is 23.6. The number of rotatable bonds is 5. The second-order valence-corrected chi connectivity index (χ2v) is 9.22. The summed E-state index contributed by atoms with van der Waals surface area (Å²) in [4.78, 5) is 23.8. The van der Waals surface area contributed by atoms with Crippen LogP contribution in [-0.2, 0) is 0 Å². The van der Waals surface area contributed by atoms with E-state index in [4.69, 9.17) is 5.10 Å². The zero-order valence-corrected chi connectivity index (χ0v) is 19.6. The predicted octanol–water partition coefficient (Wildman–Crippen LogP) is 5.95. The fraction of sp³-hybridized carbons (Fsp3) is 0.185. The number of benzene rings is 3. The molecule has 1 N–H and O–H groups in total. The van der Waals surface area contributed by atoms with Crippen molar-refractivity contribution in [3.8, 4) is 28.2 Å². The van der Waals surface area contributed by atoms with Gasteiger partial charge in [-0.3, -0.25) is 14.9 Å². The molecule has 1 aromatic heterocycles. The van der Waals surface area contributed by atoms with Crippen LogP contribution < -0.4 is 5.32 Å². The molecule has 1 heterocycles. The summed E-state index contributed by atoms with van der Waals surface area (Å²) in [7, 11) is 0. The molecular formula is C27H26N4O3. The Morgan fingerprint density at radius 3 is 2.24 bits per heavy atom. The molecule has 0 aliphatic heterocycles. The molecule has 0 aliphatic rings. The Balaban J connectivity index is 1.89. The number of nitrogens with one attached hydrogen (secondary N) is 1. The van der Waals surface area contributed by atoms with Gasteiger partial charge in [-0.2, -0.15) is 5.10 Å². The second kappa shape index (κ2) is 8.94. The third-order valence-electron chi connectivity index (χ3n) is 5.30. The maximum Gasteiger partial charge on any atom is 0.269 e. The third-order valence-corrected chi connectivity index (χ3v) is 5.30. The van der Waals surface area contributed by atoms with Gasteiger partial charge in [-0.1, -0.05) is 48.0 Å². The van der Waals surface area contributed by atoms with Crippen molar-refractivity contribution in [3.63, 3.8) is 0 Å². The van der Waals surface area contributed by atoms with Crippen LogP contribution in [0.5, 0.6) is 0 Å². The molecule has 0 saturated carbocycles. The normalized spacial score (nSPS) is 11.3. The van der Waals surface area contributed by atoms with Crippen LogP contribution in [-0.4, -0.2) is 26.1 Å². The maximum absolute atomic E-state index is 13.1. The summed E-state index contributed by atoms with van der Waals surface area (Å²) in [5.74, 6) is -0.184. The van der Waals surface area contributed by atoms with Gasteiger partial charge < -0.3 is 5.32 Å². The van der Waals surface area contributed by atoms with Gasteiger partial charge in [0, 0.05) is 34.4 Å². The SMILES string of the molecule is Cc1ccc(-c2cc(-c3ccccc3C(=O)NC(C)(C)C)n(-c3ccc([N+](=O)[O-])cc3)n2)cc1.